The van der Waals surface area contributed by atoms with Crippen molar-refractivity contribution >= 4 is 5.91 Å². The summed E-state index contributed by atoms with van der Waals surface area (Å²) in [5.41, 5.74) is 3.36. The molecule has 20 heavy (non-hydrogen) atoms. The number of hydrogen-bond acceptors (Lipinski definition) is 3. The third-order valence-corrected chi connectivity index (χ3v) is 5.03. The van der Waals surface area contributed by atoms with Gasteiger partial charge in [-0.1, -0.05) is 6.07 Å². The van der Waals surface area contributed by atoms with Gasteiger partial charge in [-0.2, -0.15) is 0 Å². The summed E-state index contributed by atoms with van der Waals surface area (Å²) in [5, 5.41) is 13.2. The van der Waals surface area contributed by atoms with Gasteiger partial charge in [0.1, 0.15) is 0 Å². The van der Waals surface area contributed by atoms with Crippen molar-refractivity contribution in [3.8, 4) is 0 Å². The normalized spacial score (nSPS) is 31.4. The van der Waals surface area contributed by atoms with Crippen LogP contribution in [0.5, 0.6) is 0 Å². The minimum Gasteiger partial charge on any atom is -0.393 e. The van der Waals surface area contributed by atoms with Crippen LogP contribution in [0.3, 0.4) is 0 Å². The molecule has 3 aliphatic heterocycles. The lowest BCUT2D eigenvalue weighted by Gasteiger charge is -2.37. The molecule has 0 radical (unpaired) electrons. The standard InChI is InChI=1S/C16H20N2O2/c19-15-6-13-3-4-14(7-15)18(13)16(20)10-1-2-11-8-17-9-12(11)5-10/h1-2,5,13-15,17,19H,3-4,6-9H2. The Labute approximate surface area is 118 Å². The van der Waals surface area contributed by atoms with Gasteiger partial charge in [0.25, 0.3) is 5.91 Å². The number of aliphatic hydroxyl groups is 1. The molecule has 1 amide bonds. The Morgan fingerprint density at radius 1 is 1.15 bits per heavy atom. The number of hydrogen-bond donors (Lipinski definition) is 2. The molecule has 0 aliphatic carbocycles. The van der Waals surface area contributed by atoms with Crippen molar-refractivity contribution < 1.29 is 9.90 Å². The monoisotopic (exact) mass is 272 g/mol. The van der Waals surface area contributed by atoms with Crippen LogP contribution >= 0.6 is 0 Å². The first-order valence-corrected chi connectivity index (χ1v) is 7.55. The summed E-state index contributed by atoms with van der Waals surface area (Å²) in [6.07, 6.45) is 3.35. The lowest BCUT2D eigenvalue weighted by molar-refractivity contribution is 0.0287. The number of fused-ring (bicyclic) bond motifs is 3. The van der Waals surface area contributed by atoms with Gasteiger partial charge in [-0.05, 0) is 48.9 Å². The van der Waals surface area contributed by atoms with Gasteiger partial charge in [0.15, 0.2) is 0 Å². The minimum atomic E-state index is -0.222. The molecular weight excluding hydrogens is 252 g/mol. The average molecular weight is 272 g/mol. The van der Waals surface area contributed by atoms with Crippen molar-refractivity contribution in [2.24, 2.45) is 0 Å². The van der Waals surface area contributed by atoms with Gasteiger partial charge < -0.3 is 15.3 Å². The maximum Gasteiger partial charge on any atom is 0.254 e. The zero-order chi connectivity index (χ0) is 13.7. The summed E-state index contributed by atoms with van der Waals surface area (Å²) in [5.74, 6) is 0.152. The van der Waals surface area contributed by atoms with E-state index in [1.54, 1.807) is 0 Å². The van der Waals surface area contributed by atoms with Crippen LogP contribution in [0.1, 0.15) is 47.2 Å². The second kappa shape index (κ2) is 4.57. The van der Waals surface area contributed by atoms with E-state index >= 15 is 0 Å². The zero-order valence-corrected chi connectivity index (χ0v) is 11.5. The highest BCUT2D eigenvalue weighted by atomic mass is 16.3. The highest BCUT2D eigenvalue weighted by Crippen LogP contribution is 2.37. The molecule has 0 saturated carbocycles. The summed E-state index contributed by atoms with van der Waals surface area (Å²) < 4.78 is 0. The SMILES string of the molecule is O=C(c1ccc2c(c1)CNC2)N1C2CCC1CC(O)C2. The Bertz CT molecular complexity index is 543. The molecule has 3 heterocycles. The van der Waals surface area contributed by atoms with E-state index < -0.39 is 0 Å². The predicted octanol–water partition coefficient (Wildman–Crippen LogP) is 1.42. The first-order chi connectivity index (χ1) is 9.72. The fourth-order valence-electron chi connectivity index (χ4n) is 4.06. The van der Waals surface area contributed by atoms with Crippen LogP contribution < -0.4 is 5.32 Å². The topological polar surface area (TPSA) is 52.6 Å². The Morgan fingerprint density at radius 3 is 2.60 bits per heavy atom. The van der Waals surface area contributed by atoms with Gasteiger partial charge in [-0.3, -0.25) is 4.79 Å². The molecule has 3 aliphatic rings. The number of benzene rings is 1. The number of carbonyl (C=O) groups excluding carboxylic acids is 1. The quantitative estimate of drug-likeness (QED) is 0.813. The lowest BCUT2D eigenvalue weighted by Crippen LogP contribution is -2.48. The molecule has 2 atom stereocenters. The van der Waals surface area contributed by atoms with Crippen molar-refractivity contribution in [1.29, 1.82) is 0 Å². The molecule has 2 unspecified atom stereocenters. The van der Waals surface area contributed by atoms with Crippen LogP contribution in [-0.2, 0) is 13.1 Å². The number of nitrogens with one attached hydrogen (secondary N) is 1. The zero-order valence-electron chi connectivity index (χ0n) is 11.5. The maximum atomic E-state index is 12.8. The first-order valence-electron chi connectivity index (χ1n) is 7.55. The molecule has 0 spiro atoms. The minimum absolute atomic E-state index is 0.152. The predicted molar refractivity (Wildman–Crippen MR) is 75.2 cm³/mol. The van der Waals surface area contributed by atoms with E-state index in [0.717, 1.165) is 44.3 Å². The molecule has 2 fully saturated rings. The summed E-state index contributed by atoms with van der Waals surface area (Å²) in [7, 11) is 0. The molecule has 2 bridgehead atoms. The number of aliphatic hydroxyl groups excluding tert-OH is 1. The summed E-state index contributed by atoms with van der Waals surface area (Å²) in [6.45, 7) is 1.77. The molecule has 1 aromatic carbocycles. The van der Waals surface area contributed by atoms with E-state index in [1.807, 2.05) is 17.0 Å². The molecule has 1 aromatic rings. The van der Waals surface area contributed by atoms with Crippen molar-refractivity contribution in [1.82, 2.24) is 10.2 Å². The van der Waals surface area contributed by atoms with Crippen LogP contribution in [-0.4, -0.2) is 34.1 Å². The lowest BCUT2D eigenvalue weighted by atomic mass is 9.98. The smallest absolute Gasteiger partial charge is 0.254 e. The third-order valence-electron chi connectivity index (χ3n) is 5.03. The van der Waals surface area contributed by atoms with Gasteiger partial charge in [0.2, 0.25) is 0 Å². The van der Waals surface area contributed by atoms with E-state index in [9.17, 15) is 9.90 Å². The van der Waals surface area contributed by atoms with Crippen molar-refractivity contribution in [2.45, 2.75) is 57.0 Å². The fourth-order valence-corrected chi connectivity index (χ4v) is 4.06. The van der Waals surface area contributed by atoms with Crippen molar-refractivity contribution in [2.75, 3.05) is 0 Å². The Kier molecular flexibility index (Phi) is 2.82. The largest absolute Gasteiger partial charge is 0.393 e. The Balaban J connectivity index is 1.61. The van der Waals surface area contributed by atoms with Gasteiger partial charge in [-0.15, -0.1) is 0 Å². The second-order valence-corrected chi connectivity index (χ2v) is 6.31. The molecule has 0 aromatic heterocycles. The summed E-state index contributed by atoms with van der Waals surface area (Å²) in [4.78, 5) is 14.8. The number of nitrogens with zero attached hydrogens (tertiary/aromatic N) is 1. The molecule has 4 heteroatoms. The maximum absolute atomic E-state index is 12.8. The van der Waals surface area contributed by atoms with Crippen molar-refractivity contribution in [3.63, 3.8) is 0 Å². The van der Waals surface area contributed by atoms with Crippen LogP contribution in [0.25, 0.3) is 0 Å². The van der Waals surface area contributed by atoms with Crippen LogP contribution in [0.2, 0.25) is 0 Å². The fraction of sp³-hybridized carbons (Fsp3) is 0.562. The average Bonchev–Trinajstić information content (AvgIpc) is 3.00. The van der Waals surface area contributed by atoms with E-state index in [2.05, 4.69) is 11.4 Å². The van der Waals surface area contributed by atoms with Gasteiger partial charge in [-0.25, -0.2) is 0 Å². The van der Waals surface area contributed by atoms with Gasteiger partial charge in [0.05, 0.1) is 6.10 Å². The van der Waals surface area contributed by atoms with Crippen LogP contribution in [0, 0.1) is 0 Å². The van der Waals surface area contributed by atoms with Crippen LogP contribution in [0.15, 0.2) is 18.2 Å². The molecule has 4 nitrogen and oxygen atoms in total. The third kappa shape index (κ3) is 1.86. The van der Waals surface area contributed by atoms with E-state index in [0.29, 0.717) is 0 Å². The van der Waals surface area contributed by atoms with E-state index in [4.69, 9.17) is 0 Å². The van der Waals surface area contributed by atoms with Crippen molar-refractivity contribution in [3.05, 3.63) is 34.9 Å². The Morgan fingerprint density at radius 2 is 1.85 bits per heavy atom. The first kappa shape index (κ1) is 12.4. The number of carbonyl (C=O) groups is 1. The summed E-state index contributed by atoms with van der Waals surface area (Å²) >= 11 is 0. The van der Waals surface area contributed by atoms with E-state index in [-0.39, 0.29) is 24.1 Å². The molecule has 4 rings (SSSR count). The van der Waals surface area contributed by atoms with E-state index in [1.165, 1.54) is 11.1 Å². The summed E-state index contributed by atoms with van der Waals surface area (Å²) in [6, 6.07) is 6.55. The molecular formula is C16H20N2O2. The molecule has 2 saturated heterocycles. The Hall–Kier alpha value is -1.39. The molecule has 106 valence electrons. The van der Waals surface area contributed by atoms with Gasteiger partial charge >= 0.3 is 0 Å². The number of piperidine rings is 1. The highest BCUT2D eigenvalue weighted by molar-refractivity contribution is 5.95. The highest BCUT2D eigenvalue weighted by Gasteiger charge is 2.42. The number of amides is 1. The number of rotatable bonds is 1. The second-order valence-electron chi connectivity index (χ2n) is 6.31. The van der Waals surface area contributed by atoms with Crippen LogP contribution in [0.4, 0.5) is 0 Å². The molecule has 2 N–H and O–H groups in total. The van der Waals surface area contributed by atoms with Gasteiger partial charge in [0, 0.05) is 30.7 Å².